The Balaban J connectivity index is 1.19. The highest BCUT2D eigenvalue weighted by atomic mass is 35.5. The second kappa shape index (κ2) is 7.72. The van der Waals surface area contributed by atoms with Gasteiger partial charge in [0.25, 0.3) is 0 Å². The number of alkyl halides is 2. The van der Waals surface area contributed by atoms with Crippen LogP contribution in [0, 0.1) is 17.8 Å². The van der Waals surface area contributed by atoms with Crippen LogP contribution in [0.3, 0.4) is 0 Å². The summed E-state index contributed by atoms with van der Waals surface area (Å²) in [5, 5.41) is 3.28. The highest BCUT2D eigenvalue weighted by Gasteiger charge is 2.65. The van der Waals surface area contributed by atoms with Crippen molar-refractivity contribution in [2.24, 2.45) is 17.8 Å². The standard InChI is InChI=1S/C20H25ClF2N4O2/c21-13-1-2-16(24)12(7-13)11-26-3-5-27(6-4-26)17(28)10-25-19(29)18-14-8-20(22,23)9-15(14)18/h1-2,7,14-15,18H,3-6,8-11,24H2,(H,25,29). The summed E-state index contributed by atoms with van der Waals surface area (Å²) < 4.78 is 26.4. The molecule has 2 saturated carbocycles. The number of nitrogens with zero attached hydrogens (tertiary/aromatic N) is 2. The number of halogens is 3. The van der Waals surface area contributed by atoms with Gasteiger partial charge in [-0.25, -0.2) is 8.78 Å². The number of amides is 2. The third-order valence-electron chi connectivity index (χ3n) is 6.34. The molecule has 1 aliphatic heterocycles. The topological polar surface area (TPSA) is 78.7 Å². The molecule has 2 unspecified atom stereocenters. The van der Waals surface area contributed by atoms with Gasteiger partial charge in [-0.1, -0.05) is 11.6 Å². The van der Waals surface area contributed by atoms with Crippen molar-refractivity contribution in [2.45, 2.75) is 25.3 Å². The van der Waals surface area contributed by atoms with Crippen LogP contribution in [0.15, 0.2) is 18.2 Å². The third-order valence-corrected chi connectivity index (χ3v) is 6.58. The lowest BCUT2D eigenvalue weighted by atomic mass is 10.1. The number of hydrogen-bond acceptors (Lipinski definition) is 4. The van der Waals surface area contributed by atoms with Crippen LogP contribution in [0.2, 0.25) is 5.02 Å². The molecule has 9 heteroatoms. The fraction of sp³-hybridized carbons (Fsp3) is 0.600. The maximum Gasteiger partial charge on any atom is 0.248 e. The monoisotopic (exact) mass is 426 g/mol. The Labute approximate surface area is 173 Å². The van der Waals surface area contributed by atoms with Crippen LogP contribution in [0.5, 0.6) is 0 Å². The van der Waals surface area contributed by atoms with Gasteiger partial charge in [-0.15, -0.1) is 0 Å². The summed E-state index contributed by atoms with van der Waals surface area (Å²) in [6, 6.07) is 5.40. The summed E-state index contributed by atoms with van der Waals surface area (Å²) in [5.74, 6) is -3.82. The Kier molecular flexibility index (Phi) is 5.42. The molecule has 4 rings (SSSR count). The molecule has 158 valence electrons. The second-order valence-corrected chi connectivity index (χ2v) is 8.77. The summed E-state index contributed by atoms with van der Waals surface area (Å²) in [6.45, 7) is 3.12. The normalized spacial score (nSPS) is 28.1. The Morgan fingerprint density at radius 2 is 1.83 bits per heavy atom. The number of anilines is 1. The van der Waals surface area contributed by atoms with Gasteiger partial charge in [-0.2, -0.15) is 0 Å². The van der Waals surface area contributed by atoms with Crippen molar-refractivity contribution in [3.8, 4) is 0 Å². The molecule has 3 fully saturated rings. The number of benzene rings is 1. The van der Waals surface area contributed by atoms with Crippen LogP contribution >= 0.6 is 11.6 Å². The number of rotatable bonds is 5. The van der Waals surface area contributed by atoms with Crippen molar-refractivity contribution >= 4 is 29.1 Å². The van der Waals surface area contributed by atoms with E-state index in [2.05, 4.69) is 10.2 Å². The first-order valence-corrected chi connectivity index (χ1v) is 10.3. The maximum atomic E-state index is 13.2. The molecule has 0 aromatic heterocycles. The molecule has 3 aliphatic rings. The number of piperazine rings is 1. The average Bonchev–Trinajstić information content (AvgIpc) is 3.21. The minimum Gasteiger partial charge on any atom is -0.398 e. The molecule has 1 heterocycles. The molecule has 1 aromatic rings. The maximum absolute atomic E-state index is 13.2. The molecule has 1 saturated heterocycles. The fourth-order valence-corrected chi connectivity index (χ4v) is 4.86. The smallest absolute Gasteiger partial charge is 0.248 e. The highest BCUT2D eigenvalue weighted by Crippen LogP contribution is 2.62. The fourth-order valence-electron chi connectivity index (χ4n) is 4.66. The number of nitrogen functional groups attached to an aromatic ring is 1. The van der Waals surface area contributed by atoms with E-state index in [4.69, 9.17) is 17.3 Å². The molecule has 3 N–H and O–H groups in total. The van der Waals surface area contributed by atoms with E-state index in [9.17, 15) is 18.4 Å². The molecule has 29 heavy (non-hydrogen) atoms. The van der Waals surface area contributed by atoms with E-state index in [0.717, 1.165) is 5.56 Å². The summed E-state index contributed by atoms with van der Waals surface area (Å²) in [4.78, 5) is 28.5. The van der Waals surface area contributed by atoms with Gasteiger partial charge in [-0.05, 0) is 35.6 Å². The van der Waals surface area contributed by atoms with Gasteiger partial charge in [0, 0.05) is 62.2 Å². The van der Waals surface area contributed by atoms with Crippen LogP contribution in [-0.2, 0) is 16.1 Å². The Hall–Kier alpha value is -1.93. The Morgan fingerprint density at radius 1 is 1.17 bits per heavy atom. The van der Waals surface area contributed by atoms with E-state index in [0.29, 0.717) is 43.4 Å². The van der Waals surface area contributed by atoms with E-state index < -0.39 is 5.92 Å². The summed E-state index contributed by atoms with van der Waals surface area (Å²) in [5.41, 5.74) is 7.65. The van der Waals surface area contributed by atoms with E-state index in [-0.39, 0.29) is 49.0 Å². The number of carbonyl (C=O) groups is 2. The van der Waals surface area contributed by atoms with Crippen molar-refractivity contribution in [2.75, 3.05) is 38.5 Å². The second-order valence-electron chi connectivity index (χ2n) is 8.34. The lowest BCUT2D eigenvalue weighted by Crippen LogP contribution is -2.51. The highest BCUT2D eigenvalue weighted by molar-refractivity contribution is 6.30. The molecule has 0 radical (unpaired) electrons. The first kappa shape index (κ1) is 20.3. The zero-order chi connectivity index (χ0) is 20.8. The lowest BCUT2D eigenvalue weighted by molar-refractivity contribution is -0.135. The predicted molar refractivity (Wildman–Crippen MR) is 105 cm³/mol. The first-order chi connectivity index (χ1) is 13.7. The van der Waals surface area contributed by atoms with Crippen molar-refractivity contribution in [3.63, 3.8) is 0 Å². The van der Waals surface area contributed by atoms with Crippen molar-refractivity contribution in [1.29, 1.82) is 0 Å². The number of carbonyl (C=O) groups excluding carboxylic acids is 2. The number of fused-ring (bicyclic) bond motifs is 1. The zero-order valence-electron chi connectivity index (χ0n) is 16.0. The number of nitrogens with one attached hydrogen (secondary N) is 1. The van der Waals surface area contributed by atoms with Crippen LogP contribution in [-0.4, -0.2) is 60.3 Å². The molecule has 6 nitrogen and oxygen atoms in total. The molecular weight excluding hydrogens is 402 g/mol. The van der Waals surface area contributed by atoms with Crippen molar-refractivity contribution < 1.29 is 18.4 Å². The van der Waals surface area contributed by atoms with Gasteiger partial charge in [0.05, 0.1) is 6.54 Å². The molecule has 0 spiro atoms. The zero-order valence-corrected chi connectivity index (χ0v) is 16.8. The predicted octanol–water partition coefficient (Wildman–Crippen LogP) is 1.97. The molecule has 0 bridgehead atoms. The molecule has 1 aromatic carbocycles. The number of nitrogens with two attached hydrogens (primary N) is 1. The SMILES string of the molecule is Nc1ccc(Cl)cc1CN1CCN(C(=O)CNC(=O)C2C3CC(F)(F)CC32)CC1. The van der Waals surface area contributed by atoms with E-state index in [1.165, 1.54) is 0 Å². The minimum atomic E-state index is -2.63. The van der Waals surface area contributed by atoms with Gasteiger partial charge < -0.3 is 16.0 Å². The average molecular weight is 427 g/mol. The molecular formula is C20H25ClF2N4O2. The van der Waals surface area contributed by atoms with Gasteiger partial charge in [0.2, 0.25) is 17.7 Å². The van der Waals surface area contributed by atoms with E-state index in [1.807, 2.05) is 6.07 Å². The minimum absolute atomic E-state index is 0.0770. The Bertz CT molecular complexity index is 800. The van der Waals surface area contributed by atoms with Crippen LogP contribution < -0.4 is 11.1 Å². The van der Waals surface area contributed by atoms with Gasteiger partial charge in [0.1, 0.15) is 0 Å². The summed E-state index contributed by atoms with van der Waals surface area (Å²) >= 11 is 6.03. The van der Waals surface area contributed by atoms with Crippen LogP contribution in [0.4, 0.5) is 14.5 Å². The first-order valence-electron chi connectivity index (χ1n) is 9.93. The van der Waals surface area contributed by atoms with Gasteiger partial charge >= 0.3 is 0 Å². The van der Waals surface area contributed by atoms with E-state index >= 15 is 0 Å². The lowest BCUT2D eigenvalue weighted by Gasteiger charge is -2.35. The van der Waals surface area contributed by atoms with E-state index in [1.54, 1.807) is 17.0 Å². The summed E-state index contributed by atoms with van der Waals surface area (Å²) in [7, 11) is 0. The summed E-state index contributed by atoms with van der Waals surface area (Å²) in [6.07, 6.45) is -0.411. The Morgan fingerprint density at radius 3 is 2.48 bits per heavy atom. The van der Waals surface area contributed by atoms with Crippen LogP contribution in [0.25, 0.3) is 0 Å². The molecule has 2 aliphatic carbocycles. The quantitative estimate of drug-likeness (QED) is 0.706. The van der Waals surface area contributed by atoms with Gasteiger partial charge in [0.15, 0.2) is 0 Å². The molecule has 2 atom stereocenters. The number of hydrogen-bond donors (Lipinski definition) is 2. The largest absolute Gasteiger partial charge is 0.398 e. The molecule has 2 amide bonds. The van der Waals surface area contributed by atoms with Crippen molar-refractivity contribution in [1.82, 2.24) is 15.1 Å². The van der Waals surface area contributed by atoms with Crippen molar-refractivity contribution in [3.05, 3.63) is 28.8 Å². The van der Waals surface area contributed by atoms with Gasteiger partial charge in [-0.3, -0.25) is 14.5 Å². The third kappa shape index (κ3) is 4.48. The van der Waals surface area contributed by atoms with Crippen LogP contribution in [0.1, 0.15) is 18.4 Å².